The number of benzene rings is 1. The van der Waals surface area contributed by atoms with Gasteiger partial charge in [0, 0.05) is 32.1 Å². The smallest absolute Gasteiger partial charge is 0.243 e. The molecule has 0 saturated carbocycles. The summed E-state index contributed by atoms with van der Waals surface area (Å²) in [4.78, 5) is 12.3. The Hall–Kier alpha value is -1.44. The van der Waals surface area contributed by atoms with Crippen molar-refractivity contribution in [3.63, 3.8) is 0 Å². The molecule has 7 heteroatoms. The van der Waals surface area contributed by atoms with E-state index in [1.54, 1.807) is 12.1 Å². The summed E-state index contributed by atoms with van der Waals surface area (Å²) in [6.07, 6.45) is 1.08. The lowest BCUT2D eigenvalue weighted by Gasteiger charge is -2.30. The highest BCUT2D eigenvalue weighted by Crippen LogP contribution is 2.25. The van der Waals surface area contributed by atoms with Crippen molar-refractivity contribution >= 4 is 15.9 Å². The van der Waals surface area contributed by atoms with Crippen LogP contribution in [0.25, 0.3) is 0 Å². The fourth-order valence-electron chi connectivity index (χ4n) is 2.87. The van der Waals surface area contributed by atoms with E-state index in [-0.39, 0.29) is 11.8 Å². The van der Waals surface area contributed by atoms with E-state index in [0.717, 1.165) is 5.56 Å². The summed E-state index contributed by atoms with van der Waals surface area (Å²) in [6.45, 7) is 5.75. The average Bonchev–Trinajstić information content (AvgIpc) is 2.59. The molecule has 3 N–H and O–H groups in total. The topological polar surface area (TPSA) is 92.5 Å². The molecule has 0 radical (unpaired) electrons. The molecule has 24 heavy (non-hydrogen) atoms. The van der Waals surface area contributed by atoms with Gasteiger partial charge >= 0.3 is 0 Å². The molecule has 134 valence electrons. The van der Waals surface area contributed by atoms with Gasteiger partial charge in [0.05, 0.1) is 4.90 Å². The van der Waals surface area contributed by atoms with Gasteiger partial charge in [-0.05, 0) is 36.5 Å². The summed E-state index contributed by atoms with van der Waals surface area (Å²) in [5.41, 5.74) is 6.49. The van der Waals surface area contributed by atoms with Gasteiger partial charge in [-0.2, -0.15) is 4.31 Å². The Balaban J connectivity index is 2.00. The number of piperidine rings is 1. The minimum absolute atomic E-state index is 0.0289. The van der Waals surface area contributed by atoms with Crippen LogP contribution in [0.2, 0.25) is 0 Å². The van der Waals surface area contributed by atoms with Crippen molar-refractivity contribution in [2.45, 2.75) is 37.5 Å². The summed E-state index contributed by atoms with van der Waals surface area (Å²) in [6, 6.07) is 7.07. The molecular formula is C17H27N3O3S. The molecule has 1 aromatic rings. The number of hydrogen-bond donors (Lipinski definition) is 2. The van der Waals surface area contributed by atoms with Crippen molar-refractivity contribution in [3.8, 4) is 0 Å². The summed E-state index contributed by atoms with van der Waals surface area (Å²) < 4.78 is 26.9. The Bertz CT molecular complexity index is 648. The number of sulfonamides is 1. The highest BCUT2D eigenvalue weighted by molar-refractivity contribution is 7.89. The molecule has 0 spiro atoms. The van der Waals surface area contributed by atoms with Crippen molar-refractivity contribution in [2.24, 2.45) is 11.7 Å². The summed E-state index contributed by atoms with van der Waals surface area (Å²) in [5, 5.41) is 2.77. The zero-order valence-corrected chi connectivity index (χ0v) is 15.2. The van der Waals surface area contributed by atoms with Gasteiger partial charge in [-0.1, -0.05) is 26.0 Å². The predicted molar refractivity (Wildman–Crippen MR) is 94.1 cm³/mol. The molecule has 0 atom stereocenters. The minimum atomic E-state index is -3.49. The first-order chi connectivity index (χ1) is 11.4. The van der Waals surface area contributed by atoms with Gasteiger partial charge in [-0.15, -0.1) is 0 Å². The first-order valence-corrected chi connectivity index (χ1v) is 9.88. The fraction of sp³-hybridized carbons (Fsp3) is 0.588. The normalized spacial score (nSPS) is 17.2. The monoisotopic (exact) mass is 353 g/mol. The van der Waals surface area contributed by atoms with Crippen molar-refractivity contribution in [1.29, 1.82) is 0 Å². The van der Waals surface area contributed by atoms with E-state index in [2.05, 4.69) is 19.2 Å². The molecule has 6 nitrogen and oxygen atoms in total. The maximum absolute atomic E-state index is 12.7. The number of nitrogens with one attached hydrogen (secondary N) is 1. The van der Waals surface area contributed by atoms with E-state index >= 15 is 0 Å². The summed E-state index contributed by atoms with van der Waals surface area (Å²) in [5.74, 6) is 0.203. The Morgan fingerprint density at radius 3 is 2.33 bits per heavy atom. The van der Waals surface area contributed by atoms with E-state index in [9.17, 15) is 13.2 Å². The van der Waals surface area contributed by atoms with Crippen LogP contribution in [0.4, 0.5) is 0 Å². The summed E-state index contributed by atoms with van der Waals surface area (Å²) >= 11 is 0. The highest BCUT2D eigenvalue weighted by atomic mass is 32.2. The van der Waals surface area contributed by atoms with Crippen LogP contribution in [0, 0.1) is 5.92 Å². The fourth-order valence-corrected chi connectivity index (χ4v) is 4.34. The van der Waals surface area contributed by atoms with E-state index in [1.807, 2.05) is 12.1 Å². The summed E-state index contributed by atoms with van der Waals surface area (Å²) in [7, 11) is -3.49. The van der Waals surface area contributed by atoms with Gasteiger partial charge in [0.15, 0.2) is 0 Å². The average molecular weight is 353 g/mol. The lowest BCUT2D eigenvalue weighted by Crippen LogP contribution is -2.43. The molecule has 1 saturated heterocycles. The Morgan fingerprint density at radius 2 is 1.83 bits per heavy atom. The second-order valence-corrected chi connectivity index (χ2v) is 8.42. The Kier molecular flexibility index (Phi) is 6.37. The molecule has 1 aliphatic heterocycles. The molecular weight excluding hydrogens is 326 g/mol. The van der Waals surface area contributed by atoms with E-state index in [1.165, 1.54) is 4.31 Å². The van der Waals surface area contributed by atoms with Crippen molar-refractivity contribution < 1.29 is 13.2 Å². The van der Waals surface area contributed by atoms with Crippen LogP contribution >= 0.6 is 0 Å². The highest BCUT2D eigenvalue weighted by Gasteiger charge is 2.31. The Morgan fingerprint density at radius 1 is 1.25 bits per heavy atom. The molecule has 1 aromatic carbocycles. The molecule has 0 bridgehead atoms. The quantitative estimate of drug-likeness (QED) is 0.806. The van der Waals surface area contributed by atoms with Crippen molar-refractivity contribution in [2.75, 3.05) is 26.2 Å². The third-order valence-corrected chi connectivity index (χ3v) is 6.37. The standard InChI is InChI=1S/C17H27N3O3S/c1-13(2)14-3-5-16(6-4-14)24(22,23)20-11-7-15(8-12-20)17(21)19-10-9-18/h3-6,13,15H,7-12,18H2,1-2H3,(H,19,21). The second-order valence-electron chi connectivity index (χ2n) is 6.48. The molecule has 2 rings (SSSR count). The van der Waals surface area contributed by atoms with Crippen LogP contribution in [0.15, 0.2) is 29.2 Å². The van der Waals surface area contributed by atoms with Crippen molar-refractivity contribution in [1.82, 2.24) is 9.62 Å². The molecule has 0 unspecified atom stereocenters. The predicted octanol–water partition coefficient (Wildman–Crippen LogP) is 1.29. The number of hydrogen-bond acceptors (Lipinski definition) is 4. The van der Waals surface area contributed by atoms with Crippen LogP contribution in [-0.4, -0.2) is 44.8 Å². The third kappa shape index (κ3) is 4.34. The lowest BCUT2D eigenvalue weighted by molar-refractivity contribution is -0.126. The number of amides is 1. The first-order valence-electron chi connectivity index (χ1n) is 8.44. The number of nitrogens with two attached hydrogens (primary N) is 1. The van der Waals surface area contributed by atoms with Gasteiger partial charge in [0.1, 0.15) is 0 Å². The zero-order chi connectivity index (χ0) is 17.7. The third-order valence-electron chi connectivity index (χ3n) is 4.45. The van der Waals surface area contributed by atoms with Gasteiger partial charge in [-0.3, -0.25) is 4.79 Å². The van der Waals surface area contributed by atoms with E-state index in [4.69, 9.17) is 5.73 Å². The minimum Gasteiger partial charge on any atom is -0.355 e. The van der Waals surface area contributed by atoms with Crippen LogP contribution < -0.4 is 11.1 Å². The molecule has 0 aliphatic carbocycles. The van der Waals surface area contributed by atoms with Crippen LogP contribution in [-0.2, 0) is 14.8 Å². The molecule has 1 heterocycles. The molecule has 1 amide bonds. The van der Waals surface area contributed by atoms with E-state index < -0.39 is 10.0 Å². The van der Waals surface area contributed by atoms with Gasteiger partial charge in [0.2, 0.25) is 15.9 Å². The van der Waals surface area contributed by atoms with E-state index in [0.29, 0.717) is 49.8 Å². The second kappa shape index (κ2) is 8.09. The number of carbonyl (C=O) groups is 1. The zero-order valence-electron chi connectivity index (χ0n) is 14.4. The van der Waals surface area contributed by atoms with Crippen LogP contribution in [0.3, 0.4) is 0 Å². The van der Waals surface area contributed by atoms with Gasteiger partial charge in [-0.25, -0.2) is 8.42 Å². The van der Waals surface area contributed by atoms with Gasteiger partial charge < -0.3 is 11.1 Å². The van der Waals surface area contributed by atoms with Crippen LogP contribution in [0.1, 0.15) is 38.2 Å². The molecule has 0 aromatic heterocycles. The van der Waals surface area contributed by atoms with Gasteiger partial charge in [0.25, 0.3) is 0 Å². The largest absolute Gasteiger partial charge is 0.355 e. The molecule has 1 aliphatic rings. The maximum atomic E-state index is 12.7. The Labute approximate surface area is 144 Å². The SMILES string of the molecule is CC(C)c1ccc(S(=O)(=O)N2CCC(C(=O)NCCN)CC2)cc1. The van der Waals surface area contributed by atoms with Crippen LogP contribution in [0.5, 0.6) is 0 Å². The first kappa shape index (κ1) is 18.9. The number of nitrogens with zero attached hydrogens (tertiary/aromatic N) is 1. The number of rotatable bonds is 6. The lowest BCUT2D eigenvalue weighted by atomic mass is 9.97. The maximum Gasteiger partial charge on any atom is 0.243 e. The number of carbonyl (C=O) groups excluding carboxylic acids is 1. The molecule has 1 fully saturated rings. The van der Waals surface area contributed by atoms with Crippen molar-refractivity contribution in [3.05, 3.63) is 29.8 Å².